The summed E-state index contributed by atoms with van der Waals surface area (Å²) in [5, 5.41) is 0. The zero-order valence-electron chi connectivity index (χ0n) is 17.8. The average Bonchev–Trinajstić information content (AvgIpc) is 2.70. The molecule has 0 heteroatoms. The molecule has 0 aliphatic heterocycles. The van der Waals surface area contributed by atoms with Gasteiger partial charge in [-0.1, -0.05) is 122 Å². The fourth-order valence-electron chi connectivity index (χ4n) is 4.55. The quantitative estimate of drug-likeness (QED) is 0.310. The van der Waals surface area contributed by atoms with E-state index in [1.807, 2.05) is 0 Å². The number of aryl methyl sites for hydroxylation is 1. The molecule has 0 N–H and O–H groups in total. The van der Waals surface area contributed by atoms with Gasteiger partial charge in [0.15, 0.2) is 0 Å². The van der Waals surface area contributed by atoms with Crippen LogP contribution >= 0.6 is 0 Å². The molecule has 0 bridgehead atoms. The molecule has 0 nitrogen and oxygen atoms in total. The van der Waals surface area contributed by atoms with Crippen LogP contribution in [0.1, 0.15) is 127 Å². The molecule has 1 atom stereocenters. The lowest BCUT2D eigenvalue weighted by Gasteiger charge is -2.21. The van der Waals surface area contributed by atoms with E-state index in [-0.39, 0.29) is 0 Å². The summed E-state index contributed by atoms with van der Waals surface area (Å²) in [6, 6.07) is 9.40. The molecule has 1 unspecified atom stereocenters. The molecule has 2 rings (SSSR count). The number of hydrogen-bond donors (Lipinski definition) is 0. The van der Waals surface area contributed by atoms with Crippen molar-refractivity contribution in [3.63, 3.8) is 0 Å². The minimum atomic E-state index is 0.701. The Hall–Kier alpha value is -0.780. The Labute approximate surface area is 164 Å². The van der Waals surface area contributed by atoms with Gasteiger partial charge in [-0.25, -0.2) is 0 Å². The Balaban J connectivity index is 1.40. The van der Waals surface area contributed by atoms with Crippen LogP contribution in [0.3, 0.4) is 0 Å². The highest BCUT2D eigenvalue weighted by Crippen LogP contribution is 2.28. The molecule has 0 heterocycles. The van der Waals surface area contributed by atoms with Gasteiger partial charge in [-0.15, -0.1) is 0 Å². The molecular formula is C26H44. The lowest BCUT2D eigenvalue weighted by Crippen LogP contribution is -2.05. The number of unbranched alkanes of at least 4 members (excludes halogenated alkanes) is 7. The van der Waals surface area contributed by atoms with Crippen LogP contribution in [0.15, 0.2) is 24.3 Å². The molecule has 148 valence electrons. The van der Waals surface area contributed by atoms with Gasteiger partial charge in [-0.05, 0) is 42.2 Å². The first-order valence-corrected chi connectivity index (χ1v) is 11.9. The van der Waals surface area contributed by atoms with Crippen LogP contribution in [0.4, 0.5) is 0 Å². The van der Waals surface area contributed by atoms with Gasteiger partial charge >= 0.3 is 0 Å². The SMILES string of the molecule is CCC(C)c1ccc(CCCCCCCCCCC2CCCCC2)cc1. The van der Waals surface area contributed by atoms with Gasteiger partial charge in [0.05, 0.1) is 0 Å². The van der Waals surface area contributed by atoms with E-state index in [1.54, 1.807) is 0 Å². The fourth-order valence-corrected chi connectivity index (χ4v) is 4.55. The van der Waals surface area contributed by atoms with Gasteiger partial charge in [0.2, 0.25) is 0 Å². The number of rotatable bonds is 13. The van der Waals surface area contributed by atoms with Crippen molar-refractivity contribution in [1.29, 1.82) is 0 Å². The molecule has 1 aromatic carbocycles. The Morgan fingerprint density at radius 3 is 1.96 bits per heavy atom. The maximum absolute atomic E-state index is 2.35. The van der Waals surface area contributed by atoms with E-state index in [0.717, 1.165) is 5.92 Å². The minimum absolute atomic E-state index is 0.701. The second kappa shape index (κ2) is 13.4. The Bertz CT molecular complexity index is 438. The standard InChI is InChI=1S/C26H44/c1-3-23(2)26-21-19-25(20-22-26)18-12-9-7-5-4-6-8-11-15-24-16-13-10-14-17-24/h19-24H,3-18H2,1-2H3. The summed E-state index contributed by atoms with van der Waals surface area (Å²) < 4.78 is 0. The van der Waals surface area contributed by atoms with Crippen LogP contribution in [0.2, 0.25) is 0 Å². The van der Waals surface area contributed by atoms with E-state index in [1.165, 1.54) is 114 Å². The van der Waals surface area contributed by atoms with E-state index >= 15 is 0 Å². The third-order valence-electron chi connectivity index (χ3n) is 6.71. The molecule has 1 saturated carbocycles. The smallest absolute Gasteiger partial charge is 0.0193 e. The molecule has 0 aromatic heterocycles. The second-order valence-electron chi connectivity index (χ2n) is 8.92. The van der Waals surface area contributed by atoms with Crippen LogP contribution in [0, 0.1) is 5.92 Å². The molecule has 1 aromatic rings. The van der Waals surface area contributed by atoms with Crippen LogP contribution in [-0.2, 0) is 6.42 Å². The van der Waals surface area contributed by atoms with Crippen molar-refractivity contribution < 1.29 is 0 Å². The summed E-state index contributed by atoms with van der Waals surface area (Å²) in [6.45, 7) is 4.60. The highest BCUT2D eigenvalue weighted by molar-refractivity contribution is 5.25. The van der Waals surface area contributed by atoms with Crippen molar-refractivity contribution in [1.82, 2.24) is 0 Å². The van der Waals surface area contributed by atoms with Crippen molar-refractivity contribution in [2.24, 2.45) is 5.92 Å². The number of hydrogen-bond acceptors (Lipinski definition) is 0. The van der Waals surface area contributed by atoms with Crippen LogP contribution in [-0.4, -0.2) is 0 Å². The molecule has 0 amide bonds. The maximum Gasteiger partial charge on any atom is -0.0193 e. The van der Waals surface area contributed by atoms with Crippen molar-refractivity contribution in [2.45, 2.75) is 122 Å². The summed E-state index contributed by atoms with van der Waals surface area (Å²) in [6.07, 6.45) is 23.2. The van der Waals surface area contributed by atoms with Crippen LogP contribution in [0.25, 0.3) is 0 Å². The first-order chi connectivity index (χ1) is 12.8. The zero-order valence-corrected chi connectivity index (χ0v) is 17.8. The van der Waals surface area contributed by atoms with Crippen molar-refractivity contribution in [3.8, 4) is 0 Å². The third kappa shape index (κ3) is 8.74. The zero-order chi connectivity index (χ0) is 18.5. The van der Waals surface area contributed by atoms with E-state index in [9.17, 15) is 0 Å². The Morgan fingerprint density at radius 1 is 0.769 bits per heavy atom. The molecular weight excluding hydrogens is 312 g/mol. The molecule has 1 aliphatic carbocycles. The largest absolute Gasteiger partial charge is 0.0648 e. The predicted molar refractivity (Wildman–Crippen MR) is 117 cm³/mol. The highest BCUT2D eigenvalue weighted by atomic mass is 14.2. The molecule has 1 fully saturated rings. The van der Waals surface area contributed by atoms with E-state index in [4.69, 9.17) is 0 Å². The average molecular weight is 357 g/mol. The second-order valence-corrected chi connectivity index (χ2v) is 8.92. The predicted octanol–water partition coefficient (Wildman–Crippen LogP) is 8.83. The molecule has 0 radical (unpaired) electrons. The van der Waals surface area contributed by atoms with E-state index in [0.29, 0.717) is 5.92 Å². The van der Waals surface area contributed by atoms with Gasteiger partial charge in [0, 0.05) is 0 Å². The molecule has 26 heavy (non-hydrogen) atoms. The Morgan fingerprint density at radius 2 is 1.35 bits per heavy atom. The van der Waals surface area contributed by atoms with E-state index in [2.05, 4.69) is 38.1 Å². The van der Waals surface area contributed by atoms with Crippen LogP contribution in [0.5, 0.6) is 0 Å². The van der Waals surface area contributed by atoms with Gasteiger partial charge in [-0.2, -0.15) is 0 Å². The molecule has 0 spiro atoms. The van der Waals surface area contributed by atoms with Crippen molar-refractivity contribution in [2.75, 3.05) is 0 Å². The lowest BCUT2D eigenvalue weighted by molar-refractivity contribution is 0.328. The summed E-state index contributed by atoms with van der Waals surface area (Å²) >= 11 is 0. The lowest BCUT2D eigenvalue weighted by atomic mass is 9.85. The molecule has 0 saturated heterocycles. The minimum Gasteiger partial charge on any atom is -0.0648 e. The summed E-state index contributed by atoms with van der Waals surface area (Å²) in [4.78, 5) is 0. The van der Waals surface area contributed by atoms with Crippen LogP contribution < -0.4 is 0 Å². The summed E-state index contributed by atoms with van der Waals surface area (Å²) in [7, 11) is 0. The first-order valence-electron chi connectivity index (χ1n) is 11.9. The van der Waals surface area contributed by atoms with Gasteiger partial charge in [0.25, 0.3) is 0 Å². The monoisotopic (exact) mass is 356 g/mol. The summed E-state index contributed by atoms with van der Waals surface area (Å²) in [5.41, 5.74) is 3.03. The van der Waals surface area contributed by atoms with E-state index < -0.39 is 0 Å². The number of benzene rings is 1. The fraction of sp³-hybridized carbons (Fsp3) is 0.769. The molecule has 1 aliphatic rings. The van der Waals surface area contributed by atoms with Crippen molar-refractivity contribution >= 4 is 0 Å². The first kappa shape index (κ1) is 21.5. The van der Waals surface area contributed by atoms with Gasteiger partial charge in [-0.3, -0.25) is 0 Å². The van der Waals surface area contributed by atoms with Gasteiger partial charge in [0.1, 0.15) is 0 Å². The third-order valence-corrected chi connectivity index (χ3v) is 6.71. The van der Waals surface area contributed by atoms with Crippen molar-refractivity contribution in [3.05, 3.63) is 35.4 Å². The summed E-state index contributed by atoms with van der Waals surface area (Å²) in [5.74, 6) is 1.79. The normalized spacial score (nSPS) is 16.7. The topological polar surface area (TPSA) is 0 Å². The highest BCUT2D eigenvalue weighted by Gasteiger charge is 2.12. The Kier molecular flexibility index (Phi) is 11.1. The van der Waals surface area contributed by atoms with Gasteiger partial charge < -0.3 is 0 Å². The maximum atomic E-state index is 2.35.